The molecular formula is C20H15F3N4O2S. The molecule has 30 heavy (non-hydrogen) atoms. The summed E-state index contributed by atoms with van der Waals surface area (Å²) in [6.07, 6.45) is -4.24. The Labute approximate surface area is 172 Å². The van der Waals surface area contributed by atoms with E-state index < -0.39 is 11.7 Å². The van der Waals surface area contributed by atoms with Gasteiger partial charge in [0.15, 0.2) is 5.13 Å². The molecule has 0 unspecified atom stereocenters. The highest BCUT2D eigenvalue weighted by molar-refractivity contribution is 7.22. The Kier molecular flexibility index (Phi) is 5.25. The van der Waals surface area contributed by atoms with Gasteiger partial charge >= 0.3 is 6.18 Å². The third-order valence-electron chi connectivity index (χ3n) is 4.26. The second-order valence-electron chi connectivity index (χ2n) is 6.62. The number of alkyl halides is 3. The minimum Gasteiger partial charge on any atom is -0.421 e. The summed E-state index contributed by atoms with van der Waals surface area (Å²) in [6.45, 7) is 1.98. The highest BCUT2D eigenvalue weighted by Crippen LogP contribution is 2.32. The van der Waals surface area contributed by atoms with Crippen LogP contribution in [0.5, 0.6) is 0 Å². The predicted molar refractivity (Wildman–Crippen MR) is 106 cm³/mol. The highest BCUT2D eigenvalue weighted by Gasteiger charge is 2.30. The summed E-state index contributed by atoms with van der Waals surface area (Å²) >= 11 is 1.38. The first-order valence-electron chi connectivity index (χ1n) is 8.95. The van der Waals surface area contributed by atoms with E-state index in [-0.39, 0.29) is 36.1 Å². The lowest BCUT2D eigenvalue weighted by Crippen LogP contribution is -2.12. The van der Waals surface area contributed by atoms with Gasteiger partial charge < -0.3 is 9.73 Å². The molecular weight excluding hydrogens is 417 g/mol. The molecule has 0 aliphatic heterocycles. The molecule has 2 aromatic carbocycles. The van der Waals surface area contributed by atoms with Gasteiger partial charge in [0.05, 0.1) is 15.8 Å². The van der Waals surface area contributed by atoms with Crippen LogP contribution in [0.25, 0.3) is 21.7 Å². The Morgan fingerprint density at radius 2 is 2.00 bits per heavy atom. The predicted octanol–water partition coefficient (Wildman–Crippen LogP) is 5.24. The molecule has 0 fully saturated rings. The highest BCUT2D eigenvalue weighted by atomic mass is 32.1. The number of carbonyl (C=O) groups excluding carboxylic acids is 1. The van der Waals surface area contributed by atoms with Gasteiger partial charge in [-0.2, -0.15) is 13.2 Å². The molecule has 4 rings (SSSR count). The molecule has 154 valence electrons. The first-order valence-corrected chi connectivity index (χ1v) is 9.76. The molecule has 1 N–H and O–H groups in total. The average Bonchev–Trinajstić information content (AvgIpc) is 3.32. The van der Waals surface area contributed by atoms with E-state index in [0.29, 0.717) is 5.13 Å². The molecule has 0 bridgehead atoms. The van der Waals surface area contributed by atoms with Crippen LogP contribution >= 0.6 is 11.3 Å². The molecule has 0 radical (unpaired) electrons. The van der Waals surface area contributed by atoms with E-state index in [2.05, 4.69) is 20.5 Å². The van der Waals surface area contributed by atoms with Gasteiger partial charge in [-0.3, -0.25) is 4.79 Å². The number of amides is 1. The monoisotopic (exact) mass is 432 g/mol. The van der Waals surface area contributed by atoms with Gasteiger partial charge in [0.2, 0.25) is 17.7 Å². The van der Waals surface area contributed by atoms with E-state index >= 15 is 0 Å². The minimum absolute atomic E-state index is 0.0296. The number of carbonyl (C=O) groups is 1. The van der Waals surface area contributed by atoms with Crippen molar-refractivity contribution in [2.75, 3.05) is 5.32 Å². The normalized spacial score (nSPS) is 11.7. The first kappa shape index (κ1) is 20.0. The van der Waals surface area contributed by atoms with E-state index in [0.717, 1.165) is 27.9 Å². The molecule has 4 aromatic rings. The van der Waals surface area contributed by atoms with Gasteiger partial charge in [0.25, 0.3) is 0 Å². The summed E-state index contributed by atoms with van der Waals surface area (Å²) < 4.78 is 44.9. The van der Waals surface area contributed by atoms with E-state index in [1.54, 1.807) is 0 Å². The molecule has 0 aliphatic carbocycles. The molecule has 6 nitrogen and oxygen atoms in total. The second-order valence-corrected chi connectivity index (χ2v) is 7.65. The molecule has 1 amide bonds. The lowest BCUT2D eigenvalue weighted by molar-refractivity contribution is -0.137. The average molecular weight is 432 g/mol. The number of aryl methyl sites for hydroxylation is 2. The van der Waals surface area contributed by atoms with Crippen molar-refractivity contribution >= 4 is 32.6 Å². The SMILES string of the molecule is Cc1ccc2nc(NC(=O)CCc3nnc(-c4cccc(C(F)(F)F)c4)o3)sc2c1. The minimum atomic E-state index is -4.46. The van der Waals surface area contributed by atoms with Crippen LogP contribution in [0.15, 0.2) is 46.9 Å². The molecule has 2 heterocycles. The molecule has 0 atom stereocenters. The van der Waals surface area contributed by atoms with Gasteiger partial charge in [0, 0.05) is 18.4 Å². The lowest BCUT2D eigenvalue weighted by Gasteiger charge is -2.06. The summed E-state index contributed by atoms with van der Waals surface area (Å²) in [5.41, 5.74) is 1.28. The zero-order chi connectivity index (χ0) is 21.3. The topological polar surface area (TPSA) is 80.9 Å². The van der Waals surface area contributed by atoms with Crippen LogP contribution in [0.1, 0.15) is 23.4 Å². The number of anilines is 1. The van der Waals surface area contributed by atoms with Crippen molar-refractivity contribution in [3.63, 3.8) is 0 Å². The fourth-order valence-corrected chi connectivity index (χ4v) is 3.77. The Bertz CT molecular complexity index is 1220. The van der Waals surface area contributed by atoms with Crippen LogP contribution in [0.4, 0.5) is 18.3 Å². The van der Waals surface area contributed by atoms with Crippen molar-refractivity contribution in [2.24, 2.45) is 0 Å². The molecule has 2 aromatic heterocycles. The first-order chi connectivity index (χ1) is 14.3. The largest absolute Gasteiger partial charge is 0.421 e. The molecule has 0 aliphatic rings. The van der Waals surface area contributed by atoms with Crippen LogP contribution in [0.3, 0.4) is 0 Å². The van der Waals surface area contributed by atoms with Crippen molar-refractivity contribution in [3.8, 4) is 11.5 Å². The van der Waals surface area contributed by atoms with E-state index in [1.165, 1.54) is 23.5 Å². The number of nitrogens with zero attached hydrogens (tertiary/aromatic N) is 3. The number of aromatic nitrogens is 3. The number of halogens is 3. The van der Waals surface area contributed by atoms with Gasteiger partial charge in [-0.05, 0) is 42.8 Å². The van der Waals surface area contributed by atoms with Crippen LogP contribution in [0.2, 0.25) is 0 Å². The van der Waals surface area contributed by atoms with Gasteiger partial charge in [-0.15, -0.1) is 10.2 Å². The quantitative estimate of drug-likeness (QED) is 0.466. The number of thiazole rings is 1. The second kappa shape index (κ2) is 7.86. The van der Waals surface area contributed by atoms with Gasteiger partial charge in [0.1, 0.15) is 0 Å². The number of fused-ring (bicyclic) bond motifs is 1. The van der Waals surface area contributed by atoms with Gasteiger partial charge in [-0.1, -0.05) is 23.5 Å². The van der Waals surface area contributed by atoms with E-state index in [4.69, 9.17) is 4.42 Å². The van der Waals surface area contributed by atoms with Crippen molar-refractivity contribution < 1.29 is 22.4 Å². The standard InChI is InChI=1S/C20H15F3N4O2S/c1-11-5-6-14-15(9-11)30-19(24-14)25-16(28)7-8-17-26-27-18(29-17)12-3-2-4-13(10-12)20(21,22)23/h2-6,9-10H,7-8H2,1H3,(H,24,25,28). The zero-order valence-corrected chi connectivity index (χ0v) is 16.5. The van der Waals surface area contributed by atoms with Crippen molar-refractivity contribution in [1.29, 1.82) is 0 Å². The summed E-state index contributed by atoms with van der Waals surface area (Å²) in [5.74, 6) is -0.139. The number of rotatable bonds is 5. The summed E-state index contributed by atoms with van der Waals surface area (Å²) in [4.78, 5) is 16.6. The Balaban J connectivity index is 1.38. The molecule has 10 heteroatoms. The maximum Gasteiger partial charge on any atom is 0.416 e. The van der Waals surface area contributed by atoms with Crippen LogP contribution in [-0.4, -0.2) is 21.1 Å². The van der Waals surface area contributed by atoms with E-state index in [9.17, 15) is 18.0 Å². The molecule has 0 spiro atoms. The van der Waals surface area contributed by atoms with Crippen molar-refractivity contribution in [3.05, 3.63) is 59.5 Å². The molecule has 0 saturated carbocycles. The maximum absolute atomic E-state index is 12.8. The maximum atomic E-state index is 12.8. The Hall–Kier alpha value is -3.27. The fraction of sp³-hybridized carbons (Fsp3) is 0.200. The third-order valence-corrected chi connectivity index (χ3v) is 5.19. The number of hydrogen-bond donors (Lipinski definition) is 1. The Morgan fingerprint density at radius 1 is 1.17 bits per heavy atom. The summed E-state index contributed by atoms with van der Waals surface area (Å²) in [7, 11) is 0. The van der Waals surface area contributed by atoms with Crippen molar-refractivity contribution in [2.45, 2.75) is 25.9 Å². The zero-order valence-electron chi connectivity index (χ0n) is 15.7. The van der Waals surface area contributed by atoms with Crippen molar-refractivity contribution in [1.82, 2.24) is 15.2 Å². The molecule has 0 saturated heterocycles. The lowest BCUT2D eigenvalue weighted by atomic mass is 10.1. The summed E-state index contributed by atoms with van der Waals surface area (Å²) in [5, 5.41) is 10.8. The Morgan fingerprint density at radius 3 is 2.80 bits per heavy atom. The third kappa shape index (κ3) is 4.48. The number of hydrogen-bond acceptors (Lipinski definition) is 6. The van der Waals surface area contributed by atoms with Crippen LogP contribution in [-0.2, 0) is 17.4 Å². The summed E-state index contributed by atoms with van der Waals surface area (Å²) in [6, 6.07) is 10.5. The number of nitrogens with one attached hydrogen (secondary N) is 1. The van der Waals surface area contributed by atoms with Gasteiger partial charge in [-0.25, -0.2) is 4.98 Å². The number of benzene rings is 2. The van der Waals surface area contributed by atoms with Crippen LogP contribution in [0, 0.1) is 6.92 Å². The van der Waals surface area contributed by atoms with Crippen LogP contribution < -0.4 is 5.32 Å². The van der Waals surface area contributed by atoms with E-state index in [1.807, 2.05) is 25.1 Å². The smallest absolute Gasteiger partial charge is 0.416 e. The fourth-order valence-electron chi connectivity index (χ4n) is 2.79.